The summed E-state index contributed by atoms with van der Waals surface area (Å²) in [7, 11) is 0. The summed E-state index contributed by atoms with van der Waals surface area (Å²) in [5.41, 5.74) is 2.07. The van der Waals surface area contributed by atoms with Crippen LogP contribution in [0, 0.1) is 0 Å². The van der Waals surface area contributed by atoms with Crippen LogP contribution in [0.1, 0.15) is 18.4 Å². The van der Waals surface area contributed by atoms with Crippen molar-refractivity contribution in [2.75, 3.05) is 23.3 Å². The predicted octanol–water partition coefficient (Wildman–Crippen LogP) is 3.34. The van der Waals surface area contributed by atoms with E-state index in [0.717, 1.165) is 30.0 Å². The number of rotatable bonds is 5. The van der Waals surface area contributed by atoms with Gasteiger partial charge in [0.1, 0.15) is 5.82 Å². The van der Waals surface area contributed by atoms with Gasteiger partial charge in [-0.05, 0) is 47.8 Å². The van der Waals surface area contributed by atoms with Crippen LogP contribution in [0.5, 0.6) is 0 Å². The van der Waals surface area contributed by atoms with Gasteiger partial charge < -0.3 is 14.7 Å². The van der Waals surface area contributed by atoms with E-state index in [1.54, 1.807) is 0 Å². The number of anilines is 2. The quantitative estimate of drug-likeness (QED) is 0.777. The van der Waals surface area contributed by atoms with E-state index in [1.165, 1.54) is 12.8 Å². The van der Waals surface area contributed by atoms with E-state index in [0.29, 0.717) is 18.4 Å². The Bertz CT molecular complexity index is 796. The largest absolute Gasteiger partial charge is 0.357 e. The molecule has 0 radical (unpaired) electrons. The van der Waals surface area contributed by atoms with Crippen LogP contribution in [0.3, 0.4) is 0 Å². The molecule has 0 atom stereocenters. The molecule has 1 aliphatic heterocycles. The van der Waals surface area contributed by atoms with Crippen molar-refractivity contribution in [3.63, 3.8) is 0 Å². The van der Waals surface area contributed by atoms with Crippen molar-refractivity contribution in [3.8, 4) is 11.5 Å². The number of nitrogens with zero attached hydrogens (tertiary/aromatic N) is 4. The SMILES string of the molecule is c1ccc(-c2nc(NCc3ccnc(N4CCCC4)c3)no2)cc1. The van der Waals surface area contributed by atoms with E-state index in [1.807, 2.05) is 42.6 Å². The molecule has 1 aromatic carbocycles. The highest BCUT2D eigenvalue weighted by molar-refractivity contribution is 5.53. The molecule has 3 aromatic rings. The minimum absolute atomic E-state index is 0.494. The van der Waals surface area contributed by atoms with Crippen molar-refractivity contribution in [2.24, 2.45) is 0 Å². The third-order valence-corrected chi connectivity index (χ3v) is 4.14. The minimum atomic E-state index is 0.494. The number of hydrogen-bond donors (Lipinski definition) is 1. The van der Waals surface area contributed by atoms with Crippen LogP contribution in [-0.4, -0.2) is 28.2 Å². The fourth-order valence-electron chi connectivity index (χ4n) is 2.86. The van der Waals surface area contributed by atoms with E-state index in [9.17, 15) is 0 Å². The predicted molar refractivity (Wildman–Crippen MR) is 92.7 cm³/mol. The fraction of sp³-hybridized carbons (Fsp3) is 0.278. The van der Waals surface area contributed by atoms with Crippen molar-refractivity contribution in [3.05, 3.63) is 54.2 Å². The van der Waals surface area contributed by atoms with Gasteiger partial charge in [-0.2, -0.15) is 4.98 Å². The molecule has 24 heavy (non-hydrogen) atoms. The van der Waals surface area contributed by atoms with E-state index in [4.69, 9.17) is 4.52 Å². The lowest BCUT2D eigenvalue weighted by atomic mass is 10.2. The number of pyridine rings is 1. The maximum atomic E-state index is 5.30. The highest BCUT2D eigenvalue weighted by Gasteiger charge is 2.14. The molecule has 1 saturated heterocycles. The number of aromatic nitrogens is 3. The van der Waals surface area contributed by atoms with Crippen LogP contribution in [0.4, 0.5) is 11.8 Å². The first kappa shape index (κ1) is 14.7. The Morgan fingerprint density at radius 3 is 2.75 bits per heavy atom. The maximum Gasteiger partial charge on any atom is 0.264 e. The smallest absolute Gasteiger partial charge is 0.264 e. The van der Waals surface area contributed by atoms with Crippen molar-refractivity contribution in [2.45, 2.75) is 19.4 Å². The monoisotopic (exact) mass is 321 g/mol. The lowest BCUT2D eigenvalue weighted by Crippen LogP contribution is -2.19. The van der Waals surface area contributed by atoms with Crippen LogP contribution in [0.2, 0.25) is 0 Å². The summed E-state index contributed by atoms with van der Waals surface area (Å²) >= 11 is 0. The third-order valence-electron chi connectivity index (χ3n) is 4.14. The fourth-order valence-corrected chi connectivity index (χ4v) is 2.86. The van der Waals surface area contributed by atoms with Crippen LogP contribution < -0.4 is 10.2 Å². The molecule has 0 amide bonds. The Morgan fingerprint density at radius 2 is 1.92 bits per heavy atom. The first-order chi connectivity index (χ1) is 11.9. The Balaban J connectivity index is 1.42. The molecule has 6 nitrogen and oxygen atoms in total. The molecular formula is C18H19N5O. The van der Waals surface area contributed by atoms with E-state index in [2.05, 4.69) is 31.4 Å². The molecule has 0 saturated carbocycles. The first-order valence-electron chi connectivity index (χ1n) is 8.21. The molecule has 4 rings (SSSR count). The standard InChI is InChI=1S/C18H19N5O/c1-2-6-15(7-3-1)17-21-18(22-24-17)20-13-14-8-9-19-16(12-14)23-10-4-5-11-23/h1-3,6-9,12H,4-5,10-11,13H2,(H,20,22). The zero-order chi connectivity index (χ0) is 16.2. The van der Waals surface area contributed by atoms with Crippen molar-refractivity contribution in [1.82, 2.24) is 15.1 Å². The van der Waals surface area contributed by atoms with E-state index in [-0.39, 0.29) is 0 Å². The number of hydrogen-bond acceptors (Lipinski definition) is 6. The van der Waals surface area contributed by atoms with Crippen molar-refractivity contribution >= 4 is 11.8 Å². The van der Waals surface area contributed by atoms with Gasteiger partial charge in [0.2, 0.25) is 0 Å². The number of benzene rings is 1. The maximum absolute atomic E-state index is 5.30. The van der Waals surface area contributed by atoms with Gasteiger partial charge in [-0.1, -0.05) is 18.2 Å². The highest BCUT2D eigenvalue weighted by Crippen LogP contribution is 2.20. The van der Waals surface area contributed by atoms with Gasteiger partial charge in [-0.25, -0.2) is 4.98 Å². The molecule has 2 aromatic heterocycles. The molecule has 0 aliphatic carbocycles. The average Bonchev–Trinajstić information content (AvgIpc) is 3.33. The Kier molecular flexibility index (Phi) is 4.10. The van der Waals surface area contributed by atoms with Gasteiger partial charge in [0.25, 0.3) is 11.8 Å². The Morgan fingerprint density at radius 1 is 1.08 bits per heavy atom. The molecule has 0 bridgehead atoms. The molecule has 3 heterocycles. The molecular weight excluding hydrogens is 302 g/mol. The molecule has 0 spiro atoms. The average molecular weight is 321 g/mol. The summed E-state index contributed by atoms with van der Waals surface area (Å²) in [5, 5.41) is 7.19. The van der Waals surface area contributed by atoms with Gasteiger partial charge in [0, 0.05) is 31.4 Å². The topological polar surface area (TPSA) is 67.1 Å². The molecule has 122 valence electrons. The van der Waals surface area contributed by atoms with Gasteiger partial charge in [0.15, 0.2) is 0 Å². The summed E-state index contributed by atoms with van der Waals surface area (Å²) in [5.74, 6) is 2.06. The zero-order valence-electron chi connectivity index (χ0n) is 13.4. The Hall–Kier alpha value is -2.89. The summed E-state index contributed by atoms with van der Waals surface area (Å²) in [6, 6.07) is 13.9. The van der Waals surface area contributed by atoms with Crippen molar-refractivity contribution in [1.29, 1.82) is 0 Å². The van der Waals surface area contributed by atoms with E-state index < -0.39 is 0 Å². The van der Waals surface area contributed by atoms with Gasteiger partial charge in [-0.3, -0.25) is 0 Å². The molecule has 1 N–H and O–H groups in total. The second kappa shape index (κ2) is 6.70. The number of nitrogens with one attached hydrogen (secondary N) is 1. The second-order valence-electron chi connectivity index (χ2n) is 5.86. The summed E-state index contributed by atoms with van der Waals surface area (Å²) in [6.45, 7) is 2.82. The van der Waals surface area contributed by atoms with Crippen molar-refractivity contribution < 1.29 is 4.52 Å². The zero-order valence-corrected chi connectivity index (χ0v) is 13.4. The van der Waals surface area contributed by atoms with Crippen LogP contribution in [0.25, 0.3) is 11.5 Å². The van der Waals surface area contributed by atoms with Crippen LogP contribution in [0.15, 0.2) is 53.2 Å². The van der Waals surface area contributed by atoms with E-state index >= 15 is 0 Å². The summed E-state index contributed by atoms with van der Waals surface area (Å²) in [4.78, 5) is 11.2. The minimum Gasteiger partial charge on any atom is -0.357 e. The normalized spacial score (nSPS) is 14.1. The molecule has 6 heteroatoms. The van der Waals surface area contributed by atoms with Gasteiger partial charge in [0.05, 0.1) is 0 Å². The molecule has 0 unspecified atom stereocenters. The highest BCUT2D eigenvalue weighted by atomic mass is 16.5. The third kappa shape index (κ3) is 3.22. The molecule has 1 aliphatic rings. The van der Waals surface area contributed by atoms with Gasteiger partial charge >= 0.3 is 0 Å². The van der Waals surface area contributed by atoms with Gasteiger partial charge in [-0.15, -0.1) is 0 Å². The lowest BCUT2D eigenvalue weighted by molar-refractivity contribution is 0.432. The van der Waals surface area contributed by atoms with Crippen LogP contribution >= 0.6 is 0 Å². The summed E-state index contributed by atoms with van der Waals surface area (Å²) < 4.78 is 5.30. The lowest BCUT2D eigenvalue weighted by Gasteiger charge is -2.16. The summed E-state index contributed by atoms with van der Waals surface area (Å²) in [6.07, 6.45) is 4.35. The second-order valence-corrected chi connectivity index (χ2v) is 5.86. The first-order valence-corrected chi connectivity index (χ1v) is 8.21. The van der Waals surface area contributed by atoms with Crippen LogP contribution in [-0.2, 0) is 6.54 Å². The molecule has 1 fully saturated rings. The Labute approximate surface area is 140 Å².